The molecule has 0 aliphatic heterocycles. The number of hydrogen-bond donors (Lipinski definition) is 0. The molecule has 1 amide bonds. The Balaban J connectivity index is 2.73. The Morgan fingerprint density at radius 3 is 2.40 bits per heavy atom. The summed E-state index contributed by atoms with van der Waals surface area (Å²) in [7, 11) is 3.27. The van der Waals surface area contributed by atoms with Gasteiger partial charge in [-0.05, 0) is 31.2 Å². The summed E-state index contributed by atoms with van der Waals surface area (Å²) in [6, 6.07) is 7.20. The Morgan fingerprint density at radius 2 is 1.93 bits per heavy atom. The van der Waals surface area contributed by atoms with Crippen molar-refractivity contribution in [1.29, 1.82) is 0 Å². The first-order chi connectivity index (χ1) is 7.19. The number of benzene rings is 1. The summed E-state index contributed by atoms with van der Waals surface area (Å²) in [4.78, 5) is 12.8. The zero-order valence-electron chi connectivity index (χ0n) is 9.19. The van der Waals surface area contributed by atoms with Crippen molar-refractivity contribution in [2.24, 2.45) is 0 Å². The van der Waals surface area contributed by atoms with E-state index in [0.717, 1.165) is 11.4 Å². The Hall–Kier alpha value is -1.71. The van der Waals surface area contributed by atoms with Gasteiger partial charge in [-0.25, -0.2) is 4.79 Å². The summed E-state index contributed by atoms with van der Waals surface area (Å²) in [6.07, 6.45) is -0.359. The zero-order valence-corrected chi connectivity index (χ0v) is 9.19. The molecule has 0 spiro atoms. The van der Waals surface area contributed by atoms with E-state index in [1.807, 2.05) is 0 Å². The van der Waals surface area contributed by atoms with Crippen molar-refractivity contribution >= 4 is 11.8 Å². The molecule has 4 nitrogen and oxygen atoms in total. The molecule has 0 heterocycles. The van der Waals surface area contributed by atoms with Crippen LogP contribution in [0.3, 0.4) is 0 Å². The molecule has 0 bridgehead atoms. The third-order valence-corrected chi connectivity index (χ3v) is 2.00. The van der Waals surface area contributed by atoms with Crippen molar-refractivity contribution in [3.8, 4) is 5.75 Å². The summed E-state index contributed by atoms with van der Waals surface area (Å²) < 4.78 is 9.89. The van der Waals surface area contributed by atoms with Gasteiger partial charge in [0.15, 0.2) is 0 Å². The van der Waals surface area contributed by atoms with Crippen LogP contribution in [0.2, 0.25) is 0 Å². The third kappa shape index (κ3) is 2.87. The zero-order chi connectivity index (χ0) is 11.3. The second kappa shape index (κ2) is 5.24. The minimum absolute atomic E-state index is 0.359. The number of methoxy groups -OCH3 is 1. The Labute approximate surface area is 89.4 Å². The quantitative estimate of drug-likeness (QED) is 0.766. The number of carbonyl (C=O) groups excluding carboxylic acids is 1. The summed E-state index contributed by atoms with van der Waals surface area (Å²) in [5.74, 6) is 0.760. The first-order valence-electron chi connectivity index (χ1n) is 4.73. The first-order valence-corrected chi connectivity index (χ1v) is 4.73. The first kappa shape index (κ1) is 11.4. The molecular formula is C11H15NO3. The SMILES string of the molecule is CCOC(=O)N(C)c1ccc(OC)cc1. The van der Waals surface area contributed by atoms with Crippen molar-refractivity contribution in [3.05, 3.63) is 24.3 Å². The van der Waals surface area contributed by atoms with Gasteiger partial charge in [0.2, 0.25) is 0 Å². The molecule has 1 rings (SSSR count). The summed E-state index contributed by atoms with van der Waals surface area (Å²) in [6.45, 7) is 2.15. The molecule has 0 N–H and O–H groups in total. The van der Waals surface area contributed by atoms with Gasteiger partial charge in [0.25, 0.3) is 0 Å². The Morgan fingerprint density at radius 1 is 1.33 bits per heavy atom. The van der Waals surface area contributed by atoms with E-state index in [4.69, 9.17) is 9.47 Å². The van der Waals surface area contributed by atoms with E-state index in [2.05, 4.69) is 0 Å². The normalized spacial score (nSPS) is 9.53. The van der Waals surface area contributed by atoms with Crippen LogP contribution in [-0.4, -0.2) is 26.9 Å². The van der Waals surface area contributed by atoms with E-state index in [0.29, 0.717) is 6.61 Å². The van der Waals surface area contributed by atoms with Crippen LogP contribution >= 0.6 is 0 Å². The second-order valence-corrected chi connectivity index (χ2v) is 2.96. The molecule has 1 aromatic carbocycles. The van der Waals surface area contributed by atoms with Gasteiger partial charge in [-0.2, -0.15) is 0 Å². The molecule has 1 aromatic rings. The Kier molecular flexibility index (Phi) is 3.97. The number of rotatable bonds is 3. The van der Waals surface area contributed by atoms with Crippen molar-refractivity contribution < 1.29 is 14.3 Å². The van der Waals surface area contributed by atoms with Crippen molar-refractivity contribution in [2.45, 2.75) is 6.92 Å². The molecule has 0 fully saturated rings. The predicted molar refractivity (Wildman–Crippen MR) is 58.4 cm³/mol. The molecule has 0 aliphatic carbocycles. The average Bonchev–Trinajstić information content (AvgIpc) is 2.28. The van der Waals surface area contributed by atoms with Gasteiger partial charge < -0.3 is 9.47 Å². The fourth-order valence-corrected chi connectivity index (χ4v) is 1.13. The molecule has 0 aliphatic rings. The molecule has 0 aromatic heterocycles. The Bertz CT molecular complexity index is 321. The van der Waals surface area contributed by atoms with E-state index in [1.165, 1.54) is 4.90 Å². The lowest BCUT2D eigenvalue weighted by Gasteiger charge is -2.16. The highest BCUT2D eigenvalue weighted by Gasteiger charge is 2.10. The van der Waals surface area contributed by atoms with Crippen molar-refractivity contribution in [2.75, 3.05) is 25.7 Å². The smallest absolute Gasteiger partial charge is 0.413 e. The second-order valence-electron chi connectivity index (χ2n) is 2.96. The maximum Gasteiger partial charge on any atom is 0.413 e. The summed E-state index contributed by atoms with van der Waals surface area (Å²) in [5, 5.41) is 0. The van der Waals surface area contributed by atoms with Gasteiger partial charge in [-0.1, -0.05) is 0 Å². The van der Waals surface area contributed by atoms with Crippen LogP contribution in [0.1, 0.15) is 6.92 Å². The molecule has 0 unspecified atom stereocenters. The molecule has 4 heteroatoms. The number of anilines is 1. The predicted octanol–water partition coefficient (Wildman–Crippen LogP) is 2.29. The largest absolute Gasteiger partial charge is 0.497 e. The number of amides is 1. The van der Waals surface area contributed by atoms with Crippen LogP contribution in [0.5, 0.6) is 5.75 Å². The lowest BCUT2D eigenvalue weighted by Crippen LogP contribution is -2.26. The van der Waals surface area contributed by atoms with Gasteiger partial charge in [0.1, 0.15) is 5.75 Å². The van der Waals surface area contributed by atoms with Gasteiger partial charge in [-0.15, -0.1) is 0 Å². The monoisotopic (exact) mass is 209 g/mol. The summed E-state index contributed by atoms with van der Waals surface area (Å²) >= 11 is 0. The third-order valence-electron chi connectivity index (χ3n) is 2.00. The molecular weight excluding hydrogens is 194 g/mol. The fraction of sp³-hybridized carbons (Fsp3) is 0.364. The van der Waals surface area contributed by atoms with E-state index in [9.17, 15) is 4.79 Å². The number of carbonyl (C=O) groups is 1. The maximum atomic E-state index is 11.4. The van der Waals surface area contributed by atoms with Crippen molar-refractivity contribution in [3.63, 3.8) is 0 Å². The molecule has 0 atom stereocenters. The van der Waals surface area contributed by atoms with Gasteiger partial charge >= 0.3 is 6.09 Å². The molecule has 0 saturated carbocycles. The van der Waals surface area contributed by atoms with Gasteiger partial charge in [0.05, 0.1) is 13.7 Å². The van der Waals surface area contributed by atoms with Crippen LogP contribution in [0.15, 0.2) is 24.3 Å². The average molecular weight is 209 g/mol. The summed E-state index contributed by atoms with van der Waals surface area (Å²) in [5.41, 5.74) is 0.772. The van der Waals surface area contributed by atoms with Crippen molar-refractivity contribution in [1.82, 2.24) is 0 Å². The van der Waals surface area contributed by atoms with Gasteiger partial charge in [-0.3, -0.25) is 4.90 Å². The number of ether oxygens (including phenoxy) is 2. The van der Waals surface area contributed by atoms with Crippen LogP contribution in [0.4, 0.5) is 10.5 Å². The minimum Gasteiger partial charge on any atom is -0.497 e. The lowest BCUT2D eigenvalue weighted by atomic mass is 10.3. The highest BCUT2D eigenvalue weighted by molar-refractivity contribution is 5.86. The topological polar surface area (TPSA) is 38.8 Å². The fourth-order valence-electron chi connectivity index (χ4n) is 1.13. The minimum atomic E-state index is -0.359. The standard InChI is InChI=1S/C11H15NO3/c1-4-15-11(13)12(2)9-5-7-10(14-3)8-6-9/h5-8H,4H2,1-3H3. The lowest BCUT2D eigenvalue weighted by molar-refractivity contribution is 0.161. The molecule has 15 heavy (non-hydrogen) atoms. The van der Waals surface area contributed by atoms with E-state index < -0.39 is 0 Å². The highest BCUT2D eigenvalue weighted by Crippen LogP contribution is 2.18. The highest BCUT2D eigenvalue weighted by atomic mass is 16.6. The van der Waals surface area contributed by atoms with E-state index >= 15 is 0 Å². The molecule has 82 valence electrons. The van der Waals surface area contributed by atoms with Crippen LogP contribution in [0.25, 0.3) is 0 Å². The van der Waals surface area contributed by atoms with Gasteiger partial charge in [0, 0.05) is 12.7 Å². The number of nitrogens with zero attached hydrogens (tertiary/aromatic N) is 1. The van der Waals surface area contributed by atoms with Crippen LogP contribution in [0, 0.1) is 0 Å². The molecule has 0 saturated heterocycles. The van der Waals surface area contributed by atoms with Crippen LogP contribution < -0.4 is 9.64 Å². The molecule has 0 radical (unpaired) electrons. The number of hydrogen-bond acceptors (Lipinski definition) is 3. The van der Waals surface area contributed by atoms with E-state index in [-0.39, 0.29) is 6.09 Å². The van der Waals surface area contributed by atoms with Crippen LogP contribution in [-0.2, 0) is 4.74 Å². The van der Waals surface area contributed by atoms with E-state index in [1.54, 1.807) is 45.3 Å². The maximum absolute atomic E-state index is 11.4.